The van der Waals surface area contributed by atoms with Crippen molar-refractivity contribution in [1.82, 2.24) is 9.66 Å². The summed E-state index contributed by atoms with van der Waals surface area (Å²) < 4.78 is 13.4. The number of hydrogen-bond donors (Lipinski definition) is 0. The molecule has 0 saturated heterocycles. The van der Waals surface area contributed by atoms with Crippen LogP contribution in [0.25, 0.3) is 22.3 Å². The van der Waals surface area contributed by atoms with Crippen molar-refractivity contribution in [2.24, 2.45) is 5.10 Å². The molecular weight excluding hydrogens is 510 g/mol. The molecule has 0 radical (unpaired) electrons. The van der Waals surface area contributed by atoms with Gasteiger partial charge in [-0.25, -0.2) is 4.98 Å². The second-order valence-electron chi connectivity index (χ2n) is 10.5. The Labute approximate surface area is 240 Å². The van der Waals surface area contributed by atoms with Gasteiger partial charge in [-0.05, 0) is 85.3 Å². The van der Waals surface area contributed by atoms with Gasteiger partial charge >= 0.3 is 0 Å². The summed E-state index contributed by atoms with van der Waals surface area (Å²) in [6, 6.07) is 27.4. The van der Waals surface area contributed by atoms with Crippen LogP contribution in [-0.2, 0) is 6.61 Å². The Morgan fingerprint density at radius 1 is 0.927 bits per heavy atom. The van der Waals surface area contributed by atoms with Crippen molar-refractivity contribution in [3.05, 3.63) is 123 Å². The number of ether oxygens (including phenoxy) is 2. The summed E-state index contributed by atoms with van der Waals surface area (Å²) in [6.07, 6.45) is 1.67. The molecule has 0 amide bonds. The standard InChI is InChI=1S/C35H35N3O3/c1-6-40-33-18-25(5)31(20-30(33)23(2)3)34-37-32-16-8-7-15-29(32)35(39)38(34)36-21-26-12-10-14-28(19-26)41-22-27-13-9-11-24(4)17-27/h7-21,23H,6,22H2,1-5H3. The number of benzene rings is 4. The second kappa shape index (κ2) is 12.2. The summed E-state index contributed by atoms with van der Waals surface area (Å²) in [5.74, 6) is 2.29. The molecule has 208 valence electrons. The highest BCUT2D eigenvalue weighted by molar-refractivity contribution is 5.82. The van der Waals surface area contributed by atoms with E-state index in [2.05, 4.69) is 44.1 Å². The smallest absolute Gasteiger partial charge is 0.282 e. The van der Waals surface area contributed by atoms with Crippen LogP contribution in [-0.4, -0.2) is 22.5 Å². The minimum absolute atomic E-state index is 0.225. The highest BCUT2D eigenvalue weighted by Crippen LogP contribution is 2.34. The van der Waals surface area contributed by atoms with Crippen LogP contribution < -0.4 is 15.0 Å². The molecular formula is C35H35N3O3. The molecule has 0 atom stereocenters. The first-order valence-electron chi connectivity index (χ1n) is 14.0. The van der Waals surface area contributed by atoms with E-state index in [1.807, 2.05) is 74.5 Å². The minimum Gasteiger partial charge on any atom is -0.494 e. The molecule has 0 unspecified atom stereocenters. The van der Waals surface area contributed by atoms with Crippen LogP contribution in [0, 0.1) is 13.8 Å². The summed E-state index contributed by atoms with van der Waals surface area (Å²) >= 11 is 0. The van der Waals surface area contributed by atoms with Gasteiger partial charge in [0, 0.05) is 5.56 Å². The average molecular weight is 546 g/mol. The van der Waals surface area contributed by atoms with Gasteiger partial charge in [0.25, 0.3) is 5.56 Å². The van der Waals surface area contributed by atoms with Gasteiger partial charge in [0.2, 0.25) is 0 Å². The third-order valence-electron chi connectivity index (χ3n) is 6.94. The Kier molecular flexibility index (Phi) is 8.29. The predicted molar refractivity (Wildman–Crippen MR) is 166 cm³/mol. The maximum atomic E-state index is 13.8. The third-order valence-corrected chi connectivity index (χ3v) is 6.94. The lowest BCUT2D eigenvalue weighted by Crippen LogP contribution is -2.20. The summed E-state index contributed by atoms with van der Waals surface area (Å²) in [6.45, 7) is 11.4. The number of para-hydroxylation sites is 1. The quantitative estimate of drug-likeness (QED) is 0.178. The molecule has 0 aliphatic rings. The average Bonchev–Trinajstić information content (AvgIpc) is 2.96. The van der Waals surface area contributed by atoms with Crippen molar-refractivity contribution in [2.75, 3.05) is 6.61 Å². The summed E-state index contributed by atoms with van der Waals surface area (Å²) in [5, 5.41) is 5.19. The fraction of sp³-hybridized carbons (Fsp3) is 0.229. The molecule has 0 saturated carbocycles. The van der Waals surface area contributed by atoms with Gasteiger partial charge in [0.15, 0.2) is 5.82 Å². The van der Waals surface area contributed by atoms with Crippen molar-refractivity contribution in [1.29, 1.82) is 0 Å². The van der Waals surface area contributed by atoms with Gasteiger partial charge in [0.05, 0.1) is 23.7 Å². The van der Waals surface area contributed by atoms with Gasteiger partial charge in [0.1, 0.15) is 18.1 Å². The molecule has 0 spiro atoms. The van der Waals surface area contributed by atoms with E-state index in [0.717, 1.165) is 39.3 Å². The maximum absolute atomic E-state index is 13.8. The van der Waals surface area contributed by atoms with Gasteiger partial charge < -0.3 is 9.47 Å². The van der Waals surface area contributed by atoms with E-state index in [4.69, 9.17) is 14.5 Å². The minimum atomic E-state index is -0.229. The number of aryl methyl sites for hydroxylation is 2. The normalized spacial score (nSPS) is 11.5. The fourth-order valence-electron chi connectivity index (χ4n) is 4.85. The molecule has 0 fully saturated rings. The Balaban J connectivity index is 1.56. The van der Waals surface area contributed by atoms with Gasteiger partial charge in [-0.2, -0.15) is 9.78 Å². The number of nitrogens with zero attached hydrogens (tertiary/aromatic N) is 3. The largest absolute Gasteiger partial charge is 0.494 e. The first-order valence-corrected chi connectivity index (χ1v) is 14.0. The molecule has 1 aromatic heterocycles. The first-order chi connectivity index (χ1) is 19.8. The van der Waals surface area contributed by atoms with Crippen LogP contribution in [0.3, 0.4) is 0 Å². The Hall–Kier alpha value is -4.71. The van der Waals surface area contributed by atoms with Crippen molar-refractivity contribution >= 4 is 17.1 Å². The fourth-order valence-corrected chi connectivity index (χ4v) is 4.85. The van der Waals surface area contributed by atoms with Crippen LogP contribution in [0.4, 0.5) is 0 Å². The number of fused-ring (bicyclic) bond motifs is 1. The van der Waals surface area contributed by atoms with Crippen molar-refractivity contribution < 1.29 is 9.47 Å². The van der Waals surface area contributed by atoms with Crippen LogP contribution in [0.2, 0.25) is 0 Å². The van der Waals surface area contributed by atoms with Gasteiger partial charge in [-0.15, -0.1) is 0 Å². The van der Waals surface area contributed by atoms with E-state index in [0.29, 0.717) is 29.9 Å². The lowest BCUT2D eigenvalue weighted by atomic mass is 9.96. The van der Waals surface area contributed by atoms with Crippen LogP contribution in [0.15, 0.2) is 94.8 Å². The van der Waals surface area contributed by atoms with Crippen LogP contribution in [0.5, 0.6) is 11.5 Å². The lowest BCUT2D eigenvalue weighted by molar-refractivity contribution is 0.306. The van der Waals surface area contributed by atoms with E-state index < -0.39 is 0 Å². The summed E-state index contributed by atoms with van der Waals surface area (Å²) in [7, 11) is 0. The number of hydrogen-bond acceptors (Lipinski definition) is 5. The Morgan fingerprint density at radius 3 is 2.51 bits per heavy atom. The molecule has 4 aromatic carbocycles. The highest BCUT2D eigenvalue weighted by atomic mass is 16.5. The molecule has 5 rings (SSSR count). The van der Waals surface area contributed by atoms with E-state index in [1.165, 1.54) is 10.2 Å². The molecule has 0 aliphatic heterocycles. The van der Waals surface area contributed by atoms with Crippen molar-refractivity contribution in [2.45, 2.75) is 47.1 Å². The monoisotopic (exact) mass is 545 g/mol. The maximum Gasteiger partial charge on any atom is 0.282 e. The molecule has 0 bridgehead atoms. The van der Waals surface area contributed by atoms with E-state index in [9.17, 15) is 4.79 Å². The highest BCUT2D eigenvalue weighted by Gasteiger charge is 2.18. The summed E-state index contributed by atoms with van der Waals surface area (Å²) in [5.41, 5.74) is 6.36. The molecule has 1 heterocycles. The molecule has 41 heavy (non-hydrogen) atoms. The number of aromatic nitrogens is 2. The first kappa shape index (κ1) is 27.8. The SMILES string of the molecule is CCOc1cc(C)c(-c2nc3ccccc3c(=O)n2N=Cc2cccc(OCc3cccc(C)c3)c2)cc1C(C)C. The zero-order chi connectivity index (χ0) is 28.9. The van der Waals surface area contributed by atoms with Crippen molar-refractivity contribution in [3.8, 4) is 22.9 Å². The van der Waals surface area contributed by atoms with Crippen LogP contribution in [0.1, 0.15) is 54.5 Å². The van der Waals surface area contributed by atoms with Crippen LogP contribution >= 0.6 is 0 Å². The Bertz CT molecular complexity index is 1790. The summed E-state index contributed by atoms with van der Waals surface area (Å²) in [4.78, 5) is 18.7. The molecule has 0 aliphatic carbocycles. The Morgan fingerprint density at radius 2 is 1.73 bits per heavy atom. The van der Waals surface area contributed by atoms with Gasteiger partial charge in [-0.3, -0.25) is 4.79 Å². The van der Waals surface area contributed by atoms with E-state index >= 15 is 0 Å². The molecule has 0 N–H and O–H groups in total. The number of rotatable bonds is 9. The third kappa shape index (κ3) is 6.22. The topological polar surface area (TPSA) is 65.7 Å². The second-order valence-corrected chi connectivity index (χ2v) is 10.5. The lowest BCUT2D eigenvalue weighted by Gasteiger charge is -2.18. The van der Waals surface area contributed by atoms with Crippen molar-refractivity contribution in [3.63, 3.8) is 0 Å². The predicted octanol–water partition coefficient (Wildman–Crippen LogP) is 7.66. The molecule has 6 nitrogen and oxygen atoms in total. The van der Waals surface area contributed by atoms with E-state index in [-0.39, 0.29) is 11.5 Å². The zero-order valence-corrected chi connectivity index (χ0v) is 24.2. The van der Waals surface area contributed by atoms with Gasteiger partial charge in [-0.1, -0.05) is 67.9 Å². The molecule has 6 heteroatoms. The zero-order valence-electron chi connectivity index (χ0n) is 24.2. The van der Waals surface area contributed by atoms with E-state index in [1.54, 1.807) is 12.3 Å². The molecule has 5 aromatic rings.